The number of aryl methyl sites for hydroxylation is 1. The van der Waals surface area contributed by atoms with Crippen LogP contribution < -0.4 is 0 Å². The monoisotopic (exact) mass is 546 g/mol. The Bertz CT molecular complexity index is 1440. The van der Waals surface area contributed by atoms with Crippen LogP contribution >= 0.6 is 23.2 Å². The summed E-state index contributed by atoms with van der Waals surface area (Å²) in [6, 6.07) is 18.0. The lowest BCUT2D eigenvalue weighted by atomic mass is 10.1. The number of aromatic nitrogens is 1. The highest BCUT2D eigenvalue weighted by Gasteiger charge is 2.31. The molecule has 5 rings (SSSR count). The Morgan fingerprint density at radius 1 is 1.03 bits per heavy atom. The van der Waals surface area contributed by atoms with E-state index in [-0.39, 0.29) is 30.6 Å². The summed E-state index contributed by atoms with van der Waals surface area (Å²) in [7, 11) is -3.83. The lowest BCUT2D eigenvalue weighted by Gasteiger charge is -2.27. The van der Waals surface area contributed by atoms with Gasteiger partial charge in [0.1, 0.15) is 0 Å². The molecule has 0 radical (unpaired) electrons. The first-order valence-electron chi connectivity index (χ1n) is 12.0. The first-order valence-corrected chi connectivity index (χ1v) is 14.2. The van der Waals surface area contributed by atoms with Crippen molar-refractivity contribution in [3.63, 3.8) is 0 Å². The maximum atomic E-state index is 13.6. The zero-order chi connectivity index (χ0) is 25.4. The number of sulfonamides is 1. The molecule has 1 fully saturated rings. The zero-order valence-corrected chi connectivity index (χ0v) is 22.2. The van der Waals surface area contributed by atoms with Gasteiger partial charge in [-0.05, 0) is 68.3 Å². The van der Waals surface area contributed by atoms with Crippen LogP contribution in [-0.2, 0) is 21.3 Å². The highest BCUT2D eigenvalue weighted by molar-refractivity contribution is 7.89. The molecule has 2 atom stereocenters. The number of rotatable bonds is 8. The van der Waals surface area contributed by atoms with E-state index in [2.05, 4.69) is 0 Å². The van der Waals surface area contributed by atoms with Crippen LogP contribution in [-0.4, -0.2) is 54.3 Å². The molecule has 0 aliphatic carbocycles. The number of benzene rings is 3. The summed E-state index contributed by atoms with van der Waals surface area (Å²) in [4.78, 5) is 0.208. The van der Waals surface area contributed by atoms with Gasteiger partial charge in [-0.15, -0.1) is 0 Å². The van der Waals surface area contributed by atoms with Crippen LogP contribution in [0.1, 0.15) is 18.4 Å². The minimum absolute atomic E-state index is 0.0571. The van der Waals surface area contributed by atoms with E-state index in [1.807, 2.05) is 35.8 Å². The summed E-state index contributed by atoms with van der Waals surface area (Å²) in [5.41, 5.74) is 2.76. The molecule has 1 aromatic heterocycles. The molecule has 1 saturated heterocycles. The van der Waals surface area contributed by atoms with Gasteiger partial charge in [0.2, 0.25) is 10.0 Å². The van der Waals surface area contributed by atoms with Gasteiger partial charge in [0.15, 0.2) is 0 Å². The first kappa shape index (κ1) is 25.5. The van der Waals surface area contributed by atoms with E-state index >= 15 is 0 Å². The quantitative estimate of drug-likeness (QED) is 0.310. The predicted octanol–water partition coefficient (Wildman–Crippen LogP) is 5.64. The average molecular weight is 548 g/mol. The SMILES string of the molecule is Cc1ccc(S(=O)(=O)N(CC(O)Cn2c3ccc(Cl)cc3c3cc(Cl)ccc32)CC2CCCO2)cc1. The lowest BCUT2D eigenvalue weighted by molar-refractivity contribution is 0.0751. The minimum atomic E-state index is -3.83. The molecule has 6 nitrogen and oxygen atoms in total. The average Bonchev–Trinajstić information content (AvgIpc) is 3.45. The van der Waals surface area contributed by atoms with Crippen molar-refractivity contribution < 1.29 is 18.3 Å². The van der Waals surface area contributed by atoms with E-state index in [1.54, 1.807) is 36.4 Å². The van der Waals surface area contributed by atoms with Crippen LogP contribution in [0.4, 0.5) is 0 Å². The molecule has 36 heavy (non-hydrogen) atoms. The number of hydrogen-bond donors (Lipinski definition) is 1. The topological polar surface area (TPSA) is 71.8 Å². The van der Waals surface area contributed by atoms with Crippen molar-refractivity contribution in [2.45, 2.75) is 43.4 Å². The highest BCUT2D eigenvalue weighted by Crippen LogP contribution is 2.33. The molecule has 0 spiro atoms. The number of aliphatic hydroxyl groups is 1. The molecule has 0 saturated carbocycles. The van der Waals surface area contributed by atoms with E-state index in [0.29, 0.717) is 16.7 Å². The van der Waals surface area contributed by atoms with Gasteiger partial charge in [0, 0.05) is 51.5 Å². The fraction of sp³-hybridized carbons (Fsp3) is 0.333. The molecule has 2 heterocycles. The van der Waals surface area contributed by atoms with Gasteiger partial charge in [-0.25, -0.2) is 8.42 Å². The molecule has 190 valence electrons. The summed E-state index contributed by atoms with van der Waals surface area (Å²) in [5.74, 6) is 0. The number of halogens is 2. The number of fused-ring (bicyclic) bond motifs is 3. The van der Waals surface area contributed by atoms with Crippen molar-refractivity contribution in [3.8, 4) is 0 Å². The Hall–Kier alpha value is -2.13. The third-order valence-corrected chi connectivity index (χ3v) is 9.00. The van der Waals surface area contributed by atoms with Gasteiger partial charge in [-0.1, -0.05) is 40.9 Å². The third kappa shape index (κ3) is 5.14. The molecule has 1 aliphatic rings. The Morgan fingerprint density at radius 3 is 2.19 bits per heavy atom. The van der Waals surface area contributed by atoms with Gasteiger partial charge in [0.05, 0.1) is 23.6 Å². The minimum Gasteiger partial charge on any atom is -0.390 e. The van der Waals surface area contributed by atoms with Crippen LogP contribution in [0.5, 0.6) is 0 Å². The van der Waals surface area contributed by atoms with Crippen molar-refractivity contribution in [3.05, 3.63) is 76.3 Å². The van der Waals surface area contributed by atoms with Gasteiger partial charge < -0.3 is 14.4 Å². The Labute approximate surface area is 221 Å². The number of ether oxygens (including phenoxy) is 1. The molecule has 4 aromatic rings. The van der Waals surface area contributed by atoms with Crippen LogP contribution in [0.3, 0.4) is 0 Å². The van der Waals surface area contributed by atoms with Gasteiger partial charge in [0.25, 0.3) is 0 Å². The van der Waals surface area contributed by atoms with Gasteiger partial charge >= 0.3 is 0 Å². The van der Waals surface area contributed by atoms with Crippen LogP contribution in [0.2, 0.25) is 10.0 Å². The van der Waals surface area contributed by atoms with Crippen molar-refractivity contribution in [1.29, 1.82) is 0 Å². The summed E-state index contributed by atoms with van der Waals surface area (Å²) in [6.45, 7) is 2.88. The predicted molar refractivity (Wildman–Crippen MR) is 144 cm³/mol. The zero-order valence-electron chi connectivity index (χ0n) is 19.9. The molecular formula is C27H28Cl2N2O4S. The summed E-state index contributed by atoms with van der Waals surface area (Å²) in [5, 5.41) is 14.3. The first-order chi connectivity index (χ1) is 17.2. The molecule has 0 bridgehead atoms. The van der Waals surface area contributed by atoms with Crippen molar-refractivity contribution in [1.82, 2.24) is 8.87 Å². The molecular weight excluding hydrogens is 519 g/mol. The fourth-order valence-corrected chi connectivity index (χ4v) is 6.75. The molecule has 3 aromatic carbocycles. The normalized spacial score (nSPS) is 17.4. The maximum Gasteiger partial charge on any atom is 0.243 e. The van der Waals surface area contributed by atoms with Crippen LogP contribution in [0, 0.1) is 6.92 Å². The molecule has 9 heteroatoms. The Morgan fingerprint density at radius 2 is 1.64 bits per heavy atom. The standard InChI is InChI=1S/C27H28Cl2N2O4S/c1-18-4-8-23(9-5-18)36(33,34)30(17-22-3-2-12-35-22)15-21(32)16-31-26-10-6-19(28)13-24(26)25-14-20(29)7-11-27(25)31/h4-11,13-14,21-22,32H,2-3,12,15-17H2,1H3. The van der Waals surface area contributed by atoms with Crippen LogP contribution in [0.15, 0.2) is 65.6 Å². The lowest BCUT2D eigenvalue weighted by Crippen LogP contribution is -2.43. The van der Waals surface area contributed by atoms with Gasteiger partial charge in [-0.3, -0.25) is 0 Å². The second-order valence-corrected chi connectivity index (χ2v) is 12.2. The molecule has 1 aliphatic heterocycles. The van der Waals surface area contributed by atoms with E-state index in [0.717, 1.165) is 40.2 Å². The summed E-state index contributed by atoms with van der Waals surface area (Å²) >= 11 is 12.5. The van der Waals surface area contributed by atoms with E-state index in [4.69, 9.17) is 27.9 Å². The second kappa shape index (κ2) is 10.3. The van der Waals surface area contributed by atoms with E-state index < -0.39 is 16.1 Å². The van der Waals surface area contributed by atoms with Crippen molar-refractivity contribution in [2.75, 3.05) is 19.7 Å². The van der Waals surface area contributed by atoms with Crippen molar-refractivity contribution in [2.24, 2.45) is 0 Å². The Kier molecular flexibility index (Phi) is 7.32. The maximum absolute atomic E-state index is 13.6. The smallest absolute Gasteiger partial charge is 0.243 e. The Balaban J connectivity index is 1.47. The largest absolute Gasteiger partial charge is 0.390 e. The summed E-state index contributed by atoms with van der Waals surface area (Å²) in [6.07, 6.45) is 0.550. The van der Waals surface area contributed by atoms with Gasteiger partial charge in [-0.2, -0.15) is 4.31 Å². The highest BCUT2D eigenvalue weighted by atomic mass is 35.5. The summed E-state index contributed by atoms with van der Waals surface area (Å²) < 4.78 is 36.3. The second-order valence-electron chi connectivity index (χ2n) is 9.36. The molecule has 2 unspecified atom stereocenters. The van der Waals surface area contributed by atoms with E-state index in [9.17, 15) is 13.5 Å². The molecule has 1 N–H and O–H groups in total. The number of hydrogen-bond acceptors (Lipinski definition) is 4. The number of nitrogens with zero attached hydrogens (tertiary/aromatic N) is 2. The molecule has 0 amide bonds. The fourth-order valence-electron chi connectivity index (χ4n) is 4.89. The third-order valence-electron chi connectivity index (χ3n) is 6.69. The number of aliphatic hydroxyl groups excluding tert-OH is 1. The van der Waals surface area contributed by atoms with Crippen LogP contribution in [0.25, 0.3) is 21.8 Å². The van der Waals surface area contributed by atoms with E-state index in [1.165, 1.54) is 4.31 Å². The van der Waals surface area contributed by atoms with Crippen molar-refractivity contribution >= 4 is 55.0 Å².